The monoisotopic (exact) mass is 449 g/mol. The summed E-state index contributed by atoms with van der Waals surface area (Å²) in [7, 11) is 0. The lowest BCUT2D eigenvalue weighted by atomic mass is 10.2. The highest BCUT2D eigenvalue weighted by molar-refractivity contribution is 6.31. The van der Waals surface area contributed by atoms with Gasteiger partial charge in [0.25, 0.3) is 5.69 Å². The van der Waals surface area contributed by atoms with Gasteiger partial charge in [-0.3, -0.25) is 14.9 Å². The summed E-state index contributed by atoms with van der Waals surface area (Å²) in [5.74, 6) is 0.100. The molecule has 0 aliphatic rings. The highest BCUT2D eigenvalue weighted by Gasteiger charge is 2.14. The largest absolute Gasteiger partial charge is 0.489 e. The number of ether oxygens (including phenoxy) is 1. The number of hydrogen-bond acceptors (Lipinski definition) is 6. The van der Waals surface area contributed by atoms with Crippen molar-refractivity contribution in [1.82, 2.24) is 5.43 Å². The molecule has 0 saturated carbocycles. The van der Waals surface area contributed by atoms with Crippen LogP contribution in [0.15, 0.2) is 82.3 Å². The minimum absolute atomic E-state index is 0.000897. The van der Waals surface area contributed by atoms with Crippen molar-refractivity contribution in [3.63, 3.8) is 0 Å². The third kappa shape index (κ3) is 4.93. The molecule has 1 heterocycles. The van der Waals surface area contributed by atoms with E-state index in [1.807, 2.05) is 24.3 Å². The second-order valence-corrected chi connectivity index (χ2v) is 7.15. The number of hydrogen-bond donors (Lipinski definition) is 1. The molecule has 1 amide bonds. The lowest BCUT2D eigenvalue weighted by molar-refractivity contribution is -0.384. The zero-order chi connectivity index (χ0) is 22.5. The van der Waals surface area contributed by atoms with Gasteiger partial charge < -0.3 is 9.15 Å². The Morgan fingerprint density at radius 1 is 1.12 bits per heavy atom. The Morgan fingerprint density at radius 3 is 2.66 bits per heavy atom. The van der Waals surface area contributed by atoms with Gasteiger partial charge in [-0.25, -0.2) is 5.43 Å². The van der Waals surface area contributed by atoms with Crippen LogP contribution in [0.5, 0.6) is 5.75 Å². The van der Waals surface area contributed by atoms with Crippen LogP contribution < -0.4 is 10.2 Å². The first-order valence-electron chi connectivity index (χ1n) is 9.47. The first-order chi connectivity index (χ1) is 15.5. The smallest absolute Gasteiger partial charge is 0.307 e. The Morgan fingerprint density at radius 2 is 1.91 bits per heavy atom. The Labute approximate surface area is 187 Å². The van der Waals surface area contributed by atoms with Crippen LogP contribution in [0.2, 0.25) is 5.02 Å². The number of furan rings is 1. The van der Waals surface area contributed by atoms with E-state index in [1.165, 1.54) is 30.5 Å². The Kier molecular flexibility index (Phi) is 6.14. The fourth-order valence-corrected chi connectivity index (χ4v) is 3.09. The zero-order valence-electron chi connectivity index (χ0n) is 16.5. The number of carbonyl (C=O) groups excluding carboxylic acids is 1. The third-order valence-electron chi connectivity index (χ3n) is 4.55. The molecule has 9 heteroatoms. The number of benzene rings is 3. The van der Waals surface area contributed by atoms with Crippen molar-refractivity contribution in [3.8, 4) is 5.75 Å². The van der Waals surface area contributed by atoms with E-state index in [0.717, 1.165) is 11.1 Å². The van der Waals surface area contributed by atoms with Crippen LogP contribution in [0.1, 0.15) is 21.7 Å². The molecular formula is C23H16ClN3O5. The van der Waals surface area contributed by atoms with Crippen molar-refractivity contribution in [2.24, 2.45) is 5.10 Å². The number of carbonyl (C=O) groups is 1. The van der Waals surface area contributed by atoms with Gasteiger partial charge in [0.05, 0.1) is 11.1 Å². The first-order valence-corrected chi connectivity index (χ1v) is 9.85. The molecule has 160 valence electrons. The maximum Gasteiger partial charge on any atom is 0.307 e. The molecule has 8 nitrogen and oxygen atoms in total. The molecule has 32 heavy (non-hydrogen) atoms. The second-order valence-electron chi connectivity index (χ2n) is 6.74. The number of fused-ring (bicyclic) bond motifs is 1. The number of amides is 1. The summed E-state index contributed by atoms with van der Waals surface area (Å²) in [6, 6.07) is 20.1. The Bertz CT molecular complexity index is 1310. The average Bonchev–Trinajstić information content (AvgIpc) is 3.23. The number of rotatable bonds is 7. The van der Waals surface area contributed by atoms with Crippen LogP contribution in [0.3, 0.4) is 0 Å². The van der Waals surface area contributed by atoms with E-state index in [-0.39, 0.29) is 11.4 Å². The third-order valence-corrected chi connectivity index (χ3v) is 4.92. The minimum atomic E-state index is -0.570. The second kappa shape index (κ2) is 9.32. The molecule has 4 rings (SSSR count). The van der Waals surface area contributed by atoms with Crippen molar-refractivity contribution >= 4 is 40.4 Å². The van der Waals surface area contributed by atoms with E-state index in [1.54, 1.807) is 24.3 Å². The lowest BCUT2D eigenvalue weighted by Crippen LogP contribution is -2.16. The molecule has 0 fully saturated rings. The predicted molar refractivity (Wildman–Crippen MR) is 120 cm³/mol. The molecule has 0 aliphatic heterocycles. The quantitative estimate of drug-likeness (QED) is 0.233. The average molecular weight is 450 g/mol. The van der Waals surface area contributed by atoms with Crippen molar-refractivity contribution < 1.29 is 18.9 Å². The normalized spacial score (nSPS) is 11.0. The van der Waals surface area contributed by atoms with Crippen molar-refractivity contribution in [2.75, 3.05) is 0 Å². The van der Waals surface area contributed by atoms with Crippen molar-refractivity contribution in [3.05, 3.63) is 105 Å². The Hall–Kier alpha value is -4.17. The van der Waals surface area contributed by atoms with E-state index in [2.05, 4.69) is 10.5 Å². The van der Waals surface area contributed by atoms with Crippen LogP contribution in [0.25, 0.3) is 11.0 Å². The lowest BCUT2D eigenvalue weighted by Gasteiger charge is -2.07. The van der Waals surface area contributed by atoms with Gasteiger partial charge in [-0.15, -0.1) is 0 Å². The molecule has 0 unspecified atom stereocenters. The van der Waals surface area contributed by atoms with Gasteiger partial charge in [0.1, 0.15) is 17.9 Å². The molecule has 0 bridgehead atoms. The van der Waals surface area contributed by atoms with E-state index in [4.69, 9.17) is 20.8 Å². The highest BCUT2D eigenvalue weighted by atomic mass is 35.5. The number of nitrogens with one attached hydrogen (secondary N) is 1. The molecule has 3 aromatic carbocycles. The van der Waals surface area contributed by atoms with Crippen molar-refractivity contribution in [2.45, 2.75) is 6.61 Å². The number of hydrazone groups is 1. The number of nitrogens with zero attached hydrogens (tertiary/aromatic N) is 2. The molecule has 0 spiro atoms. The summed E-state index contributed by atoms with van der Waals surface area (Å²) in [4.78, 5) is 22.6. The zero-order valence-corrected chi connectivity index (χ0v) is 17.3. The fourth-order valence-electron chi connectivity index (χ4n) is 2.90. The van der Waals surface area contributed by atoms with Gasteiger partial charge in [-0.2, -0.15) is 5.10 Å². The van der Waals surface area contributed by atoms with Gasteiger partial charge in [-0.05, 0) is 48.0 Å². The molecule has 0 saturated heterocycles. The van der Waals surface area contributed by atoms with Crippen molar-refractivity contribution in [1.29, 1.82) is 0 Å². The number of nitro groups is 1. The highest BCUT2D eigenvalue weighted by Crippen LogP contribution is 2.24. The number of halogens is 1. The number of non-ortho nitro benzene ring substituents is 1. The Balaban J connectivity index is 1.34. The van der Waals surface area contributed by atoms with Gasteiger partial charge in [-0.1, -0.05) is 29.8 Å². The van der Waals surface area contributed by atoms with E-state index < -0.39 is 10.8 Å². The molecule has 0 aliphatic carbocycles. The summed E-state index contributed by atoms with van der Waals surface area (Å²) in [6.45, 7) is 0.351. The standard InChI is InChI=1S/C23H16ClN3O5/c24-20-4-2-1-3-16(20)14-31-19-8-5-15(6-9-19)13-25-26-23(28)22-12-17-11-18(27(29)30)7-10-21(17)32-22/h1-13H,14H2,(H,26,28)/b25-13-. The maximum absolute atomic E-state index is 12.2. The maximum atomic E-state index is 12.2. The van der Waals surface area contributed by atoms with E-state index in [0.29, 0.717) is 28.3 Å². The topological polar surface area (TPSA) is 107 Å². The molecule has 1 N–H and O–H groups in total. The summed E-state index contributed by atoms with van der Waals surface area (Å²) in [5, 5.41) is 15.9. The van der Waals surface area contributed by atoms with Gasteiger partial charge in [0, 0.05) is 28.1 Å². The van der Waals surface area contributed by atoms with Gasteiger partial charge >= 0.3 is 5.91 Å². The SMILES string of the molecule is O=C(N/N=C\c1ccc(OCc2ccccc2Cl)cc1)c1cc2cc([N+](=O)[O-])ccc2o1. The molecule has 4 aromatic rings. The molecule has 0 radical (unpaired) electrons. The van der Waals surface area contributed by atoms with Crippen LogP contribution >= 0.6 is 11.6 Å². The minimum Gasteiger partial charge on any atom is -0.489 e. The molecule has 0 atom stereocenters. The van der Waals surface area contributed by atoms with Crippen LogP contribution in [-0.2, 0) is 6.61 Å². The summed E-state index contributed by atoms with van der Waals surface area (Å²) in [6.07, 6.45) is 1.48. The van der Waals surface area contributed by atoms with Crippen LogP contribution in [0.4, 0.5) is 5.69 Å². The summed E-state index contributed by atoms with van der Waals surface area (Å²) in [5.41, 5.74) is 4.30. The predicted octanol–water partition coefficient (Wildman–Crippen LogP) is 5.34. The van der Waals surface area contributed by atoms with E-state index >= 15 is 0 Å². The van der Waals surface area contributed by atoms with E-state index in [9.17, 15) is 14.9 Å². The molecule has 1 aromatic heterocycles. The summed E-state index contributed by atoms with van der Waals surface area (Å²) >= 11 is 6.12. The van der Waals surface area contributed by atoms with Gasteiger partial charge in [0.2, 0.25) is 0 Å². The fraction of sp³-hybridized carbons (Fsp3) is 0.0435. The number of nitro benzene ring substituents is 1. The first kappa shape index (κ1) is 21.1. The van der Waals surface area contributed by atoms with Crippen LogP contribution in [0, 0.1) is 10.1 Å². The van der Waals surface area contributed by atoms with Crippen LogP contribution in [-0.4, -0.2) is 17.0 Å². The van der Waals surface area contributed by atoms with Gasteiger partial charge in [0.15, 0.2) is 5.76 Å². The summed E-state index contributed by atoms with van der Waals surface area (Å²) < 4.78 is 11.1. The molecular weight excluding hydrogens is 434 g/mol.